The molecule has 1 aromatic rings. The smallest absolute Gasteiger partial charge is 0.257 e. The van der Waals surface area contributed by atoms with Gasteiger partial charge in [0.25, 0.3) is 5.91 Å². The van der Waals surface area contributed by atoms with Crippen molar-refractivity contribution in [3.63, 3.8) is 0 Å². The van der Waals surface area contributed by atoms with Gasteiger partial charge in [0.15, 0.2) is 12.5 Å². The Balaban J connectivity index is 2.62. The van der Waals surface area contributed by atoms with Crippen molar-refractivity contribution in [3.05, 3.63) is 23.3 Å². The van der Waals surface area contributed by atoms with Gasteiger partial charge in [0.1, 0.15) is 0 Å². The zero-order valence-electron chi connectivity index (χ0n) is 9.13. The molecule has 1 heterocycles. The van der Waals surface area contributed by atoms with Crippen LogP contribution in [0.2, 0.25) is 0 Å². The van der Waals surface area contributed by atoms with Gasteiger partial charge in [-0.1, -0.05) is 0 Å². The fourth-order valence-corrected chi connectivity index (χ4v) is 1.68. The van der Waals surface area contributed by atoms with Gasteiger partial charge in [0, 0.05) is 14.1 Å². The second-order valence-corrected chi connectivity index (χ2v) is 3.85. The fraction of sp³-hybridized carbons (Fsp3) is 0.364. The number of hydrogen-bond donors (Lipinski definition) is 1. The van der Waals surface area contributed by atoms with Crippen LogP contribution in [0.1, 0.15) is 15.9 Å². The van der Waals surface area contributed by atoms with Gasteiger partial charge < -0.3 is 15.0 Å². The molecule has 1 aromatic carbocycles. The van der Waals surface area contributed by atoms with Crippen molar-refractivity contribution in [1.29, 1.82) is 0 Å². The van der Waals surface area contributed by atoms with Crippen LogP contribution in [0.5, 0.6) is 5.75 Å². The molecule has 1 N–H and O–H groups in total. The summed E-state index contributed by atoms with van der Waals surface area (Å²) < 4.78 is 5.47. The zero-order valence-corrected chi connectivity index (χ0v) is 9.13. The molecule has 4 heteroatoms. The summed E-state index contributed by atoms with van der Waals surface area (Å²) in [6, 6.07) is 3.86. The number of rotatable bonds is 1. The van der Waals surface area contributed by atoms with Crippen LogP contribution in [-0.4, -0.2) is 26.7 Å². The molecule has 0 aromatic heterocycles. The Labute approximate surface area is 88.8 Å². The highest BCUT2D eigenvalue weighted by Crippen LogP contribution is 2.33. The highest BCUT2D eigenvalue weighted by atomic mass is 16.5. The van der Waals surface area contributed by atoms with Crippen molar-refractivity contribution in [2.75, 3.05) is 25.7 Å². The van der Waals surface area contributed by atoms with Crippen LogP contribution in [0.25, 0.3) is 0 Å². The average Bonchev–Trinajstić information content (AvgIpc) is 2.18. The minimum atomic E-state index is -0.0666. The molecule has 0 aliphatic carbocycles. The van der Waals surface area contributed by atoms with Crippen LogP contribution >= 0.6 is 0 Å². The van der Waals surface area contributed by atoms with Gasteiger partial charge in [-0.2, -0.15) is 0 Å². The zero-order chi connectivity index (χ0) is 11.0. The van der Waals surface area contributed by atoms with Crippen LogP contribution in [0.15, 0.2) is 12.1 Å². The van der Waals surface area contributed by atoms with E-state index in [2.05, 4.69) is 5.32 Å². The maximum atomic E-state index is 11.6. The first-order valence-corrected chi connectivity index (χ1v) is 4.82. The van der Waals surface area contributed by atoms with Crippen molar-refractivity contribution < 1.29 is 9.53 Å². The predicted octanol–water partition coefficient (Wildman–Crippen LogP) is 1.14. The summed E-state index contributed by atoms with van der Waals surface area (Å²) in [5.74, 6) is 0.609. The SMILES string of the molecule is Cc1cc2c(c(N(C)C)c1)OCNC2=O. The summed E-state index contributed by atoms with van der Waals surface area (Å²) in [5, 5.41) is 2.65. The number of nitrogens with zero attached hydrogens (tertiary/aromatic N) is 1. The molecule has 1 aliphatic rings. The van der Waals surface area contributed by atoms with E-state index in [1.807, 2.05) is 38.1 Å². The number of ether oxygens (including phenoxy) is 1. The average molecular weight is 206 g/mol. The van der Waals surface area contributed by atoms with Gasteiger partial charge in [0.05, 0.1) is 11.3 Å². The maximum Gasteiger partial charge on any atom is 0.257 e. The molecule has 0 spiro atoms. The minimum Gasteiger partial charge on any atom is -0.470 e. The standard InChI is InChI=1S/C11H14N2O2/c1-7-4-8-10(9(5-7)13(2)3)15-6-12-11(8)14/h4-5H,6H2,1-3H3,(H,12,14). The summed E-state index contributed by atoms with van der Waals surface area (Å²) in [6.07, 6.45) is 0. The largest absolute Gasteiger partial charge is 0.470 e. The lowest BCUT2D eigenvalue weighted by Crippen LogP contribution is -2.33. The number of amides is 1. The third kappa shape index (κ3) is 1.63. The highest BCUT2D eigenvalue weighted by molar-refractivity contribution is 6.00. The molecule has 0 fully saturated rings. The first-order valence-electron chi connectivity index (χ1n) is 4.82. The molecule has 1 amide bonds. The third-order valence-electron chi connectivity index (χ3n) is 2.39. The van der Waals surface area contributed by atoms with Crippen LogP contribution in [0, 0.1) is 6.92 Å². The number of anilines is 1. The molecule has 15 heavy (non-hydrogen) atoms. The molecule has 1 aliphatic heterocycles. The summed E-state index contributed by atoms with van der Waals surface area (Å²) in [4.78, 5) is 13.6. The van der Waals surface area contributed by atoms with Crippen LogP contribution in [0.4, 0.5) is 5.69 Å². The van der Waals surface area contributed by atoms with Gasteiger partial charge in [-0.25, -0.2) is 0 Å². The van der Waals surface area contributed by atoms with Crippen molar-refractivity contribution in [2.45, 2.75) is 6.92 Å². The summed E-state index contributed by atoms with van der Waals surface area (Å²) in [6.45, 7) is 2.21. The van der Waals surface area contributed by atoms with Crippen molar-refractivity contribution in [3.8, 4) is 5.75 Å². The molecule has 0 saturated carbocycles. The van der Waals surface area contributed by atoms with E-state index in [-0.39, 0.29) is 12.6 Å². The maximum absolute atomic E-state index is 11.6. The van der Waals surface area contributed by atoms with Gasteiger partial charge >= 0.3 is 0 Å². The van der Waals surface area contributed by atoms with E-state index in [0.29, 0.717) is 11.3 Å². The Morgan fingerprint density at radius 1 is 1.40 bits per heavy atom. The topological polar surface area (TPSA) is 41.6 Å². The Morgan fingerprint density at radius 2 is 2.13 bits per heavy atom. The fourth-order valence-electron chi connectivity index (χ4n) is 1.68. The van der Waals surface area contributed by atoms with Crippen molar-refractivity contribution in [1.82, 2.24) is 5.32 Å². The second-order valence-electron chi connectivity index (χ2n) is 3.85. The molecule has 80 valence electrons. The summed E-state index contributed by atoms with van der Waals surface area (Å²) >= 11 is 0. The van der Waals surface area contributed by atoms with E-state index in [4.69, 9.17) is 4.74 Å². The normalized spacial score (nSPS) is 13.9. The number of fused-ring (bicyclic) bond motifs is 1. The van der Waals surface area contributed by atoms with Crippen molar-refractivity contribution in [2.24, 2.45) is 0 Å². The number of aryl methyl sites for hydroxylation is 1. The molecule has 0 bridgehead atoms. The summed E-state index contributed by atoms with van der Waals surface area (Å²) in [7, 11) is 3.87. The Morgan fingerprint density at radius 3 is 2.80 bits per heavy atom. The van der Waals surface area contributed by atoms with Gasteiger partial charge in [-0.05, 0) is 24.6 Å². The van der Waals surface area contributed by atoms with E-state index in [1.54, 1.807) is 0 Å². The first kappa shape index (κ1) is 9.83. The lowest BCUT2D eigenvalue weighted by molar-refractivity contribution is 0.0883. The van der Waals surface area contributed by atoms with Crippen LogP contribution < -0.4 is 15.0 Å². The number of hydrogen-bond acceptors (Lipinski definition) is 3. The third-order valence-corrected chi connectivity index (χ3v) is 2.39. The minimum absolute atomic E-state index is 0.0666. The molecular formula is C11H14N2O2. The molecule has 0 atom stereocenters. The van der Waals surface area contributed by atoms with E-state index in [9.17, 15) is 4.79 Å². The van der Waals surface area contributed by atoms with Gasteiger partial charge in [-0.15, -0.1) is 0 Å². The molecule has 2 rings (SSSR count). The van der Waals surface area contributed by atoms with E-state index >= 15 is 0 Å². The van der Waals surface area contributed by atoms with Gasteiger partial charge in [-0.3, -0.25) is 4.79 Å². The van der Waals surface area contributed by atoms with Crippen LogP contribution in [0.3, 0.4) is 0 Å². The lowest BCUT2D eigenvalue weighted by atomic mass is 10.1. The number of carbonyl (C=O) groups is 1. The van der Waals surface area contributed by atoms with Crippen molar-refractivity contribution >= 4 is 11.6 Å². The quantitative estimate of drug-likeness (QED) is 0.749. The predicted molar refractivity (Wildman–Crippen MR) is 58.5 cm³/mol. The molecule has 0 radical (unpaired) electrons. The number of benzene rings is 1. The number of nitrogens with one attached hydrogen (secondary N) is 1. The van der Waals surface area contributed by atoms with E-state index in [0.717, 1.165) is 11.3 Å². The van der Waals surface area contributed by atoms with E-state index in [1.165, 1.54) is 0 Å². The Kier molecular flexibility index (Phi) is 2.26. The van der Waals surface area contributed by atoms with Crippen LogP contribution in [-0.2, 0) is 0 Å². The monoisotopic (exact) mass is 206 g/mol. The molecular weight excluding hydrogens is 192 g/mol. The molecule has 4 nitrogen and oxygen atoms in total. The first-order chi connectivity index (χ1) is 7.09. The summed E-state index contributed by atoms with van der Waals surface area (Å²) in [5.41, 5.74) is 2.61. The van der Waals surface area contributed by atoms with Gasteiger partial charge in [0.2, 0.25) is 0 Å². The Bertz CT molecular complexity index is 413. The highest BCUT2D eigenvalue weighted by Gasteiger charge is 2.22. The Hall–Kier alpha value is -1.71. The lowest BCUT2D eigenvalue weighted by Gasteiger charge is -2.24. The molecule has 0 unspecified atom stereocenters. The molecule has 0 saturated heterocycles. The number of carbonyl (C=O) groups excluding carboxylic acids is 1. The van der Waals surface area contributed by atoms with E-state index < -0.39 is 0 Å². The second kappa shape index (κ2) is 3.46.